The summed E-state index contributed by atoms with van der Waals surface area (Å²) in [6.07, 6.45) is 3.35. The number of carboxylic acid groups (broad SMARTS) is 1. The third-order valence-corrected chi connectivity index (χ3v) is 5.99. The molecule has 1 aliphatic carbocycles. The minimum Gasteiger partial charge on any atom is -0.481 e. The van der Waals surface area contributed by atoms with Gasteiger partial charge in [0.05, 0.1) is 12.0 Å². The number of carbonyl (C=O) groups excluding carboxylic acids is 1. The van der Waals surface area contributed by atoms with Crippen LogP contribution in [0.1, 0.15) is 50.7 Å². The van der Waals surface area contributed by atoms with Crippen LogP contribution in [0.2, 0.25) is 0 Å². The molecule has 1 atom stereocenters. The van der Waals surface area contributed by atoms with Gasteiger partial charge in [0.2, 0.25) is 0 Å². The summed E-state index contributed by atoms with van der Waals surface area (Å²) in [5.41, 5.74) is 4.71. The second-order valence-corrected chi connectivity index (χ2v) is 7.59. The first-order chi connectivity index (χ1) is 11.6. The molecule has 5 heteroatoms. The molecule has 4 nitrogen and oxygen atoms in total. The number of hydrogen-bond acceptors (Lipinski definition) is 3. The molecule has 2 heterocycles. The fourth-order valence-corrected chi connectivity index (χ4v) is 4.94. The molecule has 1 unspecified atom stereocenters. The first kappa shape index (κ1) is 15.4. The molecule has 0 spiro atoms. The lowest BCUT2D eigenvalue weighted by atomic mass is 9.77. The van der Waals surface area contributed by atoms with Crippen molar-refractivity contribution in [1.29, 1.82) is 0 Å². The van der Waals surface area contributed by atoms with E-state index in [9.17, 15) is 9.59 Å². The van der Waals surface area contributed by atoms with Crippen LogP contribution in [0.25, 0.3) is 0 Å². The van der Waals surface area contributed by atoms with E-state index < -0.39 is 5.97 Å². The lowest BCUT2D eigenvalue weighted by Gasteiger charge is -2.38. The highest BCUT2D eigenvalue weighted by Gasteiger charge is 2.32. The molecule has 2 aromatic rings. The summed E-state index contributed by atoms with van der Waals surface area (Å²) in [4.78, 5) is 26.5. The zero-order valence-electron chi connectivity index (χ0n) is 13.3. The summed E-state index contributed by atoms with van der Waals surface area (Å²) in [5, 5.41) is 10.8. The largest absolute Gasteiger partial charge is 0.481 e. The number of aliphatic carboxylic acids is 1. The Morgan fingerprint density at radius 2 is 2.08 bits per heavy atom. The van der Waals surface area contributed by atoms with Crippen molar-refractivity contribution in [2.45, 2.75) is 38.1 Å². The highest BCUT2D eigenvalue weighted by molar-refractivity contribution is 7.10. The van der Waals surface area contributed by atoms with Gasteiger partial charge in [-0.1, -0.05) is 18.2 Å². The zero-order valence-corrected chi connectivity index (χ0v) is 14.1. The van der Waals surface area contributed by atoms with Gasteiger partial charge in [0.1, 0.15) is 0 Å². The van der Waals surface area contributed by atoms with Crippen LogP contribution in [0.4, 0.5) is 0 Å². The van der Waals surface area contributed by atoms with Gasteiger partial charge in [-0.3, -0.25) is 9.59 Å². The molecule has 2 aliphatic rings. The number of rotatable bonds is 3. The standard InChI is InChI=1S/C19H19NO3S/c21-17(22)9-16-15(7-8-24-16)19(23)20-10-13-5-1-3-12-4-2-6-14(11-20)18(12)13/h1,3,5,7-8,14H,2,4,6,9-11H2,(H,21,22). The molecule has 124 valence electrons. The Morgan fingerprint density at radius 3 is 2.92 bits per heavy atom. The molecule has 0 fully saturated rings. The van der Waals surface area contributed by atoms with Crippen LogP contribution in [0.3, 0.4) is 0 Å². The Hall–Kier alpha value is -2.14. The van der Waals surface area contributed by atoms with E-state index >= 15 is 0 Å². The minimum absolute atomic E-state index is 0.0332. The van der Waals surface area contributed by atoms with Crippen molar-refractivity contribution in [3.05, 3.63) is 56.8 Å². The molecule has 0 saturated heterocycles. The molecule has 1 N–H and O–H groups in total. The predicted octanol–water partition coefficient (Wildman–Crippen LogP) is 3.45. The molecule has 4 rings (SSSR count). The van der Waals surface area contributed by atoms with Gasteiger partial charge in [0.15, 0.2) is 0 Å². The molecule has 1 aliphatic heterocycles. The van der Waals surface area contributed by atoms with Crippen LogP contribution in [-0.2, 0) is 24.2 Å². The number of hydrogen-bond donors (Lipinski definition) is 1. The fourth-order valence-electron chi connectivity index (χ4n) is 4.08. The summed E-state index contributed by atoms with van der Waals surface area (Å²) < 4.78 is 0. The predicted molar refractivity (Wildman–Crippen MR) is 92.5 cm³/mol. The van der Waals surface area contributed by atoms with E-state index in [0.29, 0.717) is 22.9 Å². The summed E-state index contributed by atoms with van der Waals surface area (Å²) >= 11 is 1.35. The molecule has 1 aromatic carbocycles. The van der Waals surface area contributed by atoms with Crippen molar-refractivity contribution in [2.24, 2.45) is 0 Å². The molecular weight excluding hydrogens is 322 g/mol. The van der Waals surface area contributed by atoms with E-state index in [-0.39, 0.29) is 12.3 Å². The average Bonchev–Trinajstić information content (AvgIpc) is 3.02. The first-order valence-corrected chi connectivity index (χ1v) is 9.19. The van der Waals surface area contributed by atoms with Crippen molar-refractivity contribution in [1.82, 2.24) is 4.90 Å². The monoisotopic (exact) mass is 341 g/mol. The fraction of sp³-hybridized carbons (Fsp3) is 0.368. The molecule has 24 heavy (non-hydrogen) atoms. The molecule has 1 amide bonds. The van der Waals surface area contributed by atoms with E-state index in [1.54, 1.807) is 6.07 Å². The van der Waals surface area contributed by atoms with Crippen molar-refractivity contribution in [3.8, 4) is 0 Å². The van der Waals surface area contributed by atoms with E-state index in [4.69, 9.17) is 5.11 Å². The molecule has 0 saturated carbocycles. The number of thiophene rings is 1. The van der Waals surface area contributed by atoms with Gasteiger partial charge in [0, 0.05) is 23.9 Å². The number of nitrogens with zero attached hydrogens (tertiary/aromatic N) is 1. The van der Waals surface area contributed by atoms with Gasteiger partial charge in [-0.15, -0.1) is 11.3 Å². The smallest absolute Gasteiger partial charge is 0.308 e. The maximum absolute atomic E-state index is 13.0. The highest BCUT2D eigenvalue weighted by atomic mass is 32.1. The highest BCUT2D eigenvalue weighted by Crippen LogP contribution is 2.39. The Kier molecular flexibility index (Phi) is 3.88. The topological polar surface area (TPSA) is 57.6 Å². The van der Waals surface area contributed by atoms with Gasteiger partial charge >= 0.3 is 5.97 Å². The van der Waals surface area contributed by atoms with Crippen LogP contribution in [-0.4, -0.2) is 28.4 Å². The summed E-state index contributed by atoms with van der Waals surface area (Å²) in [6.45, 7) is 1.37. The third kappa shape index (κ3) is 2.63. The van der Waals surface area contributed by atoms with Crippen LogP contribution in [0.15, 0.2) is 29.6 Å². The third-order valence-electron chi connectivity index (χ3n) is 5.07. The molecular formula is C19H19NO3S. The summed E-state index contributed by atoms with van der Waals surface area (Å²) in [5.74, 6) is -0.509. The second kappa shape index (κ2) is 6.06. The average molecular weight is 341 g/mol. The molecule has 0 radical (unpaired) electrons. The number of carboxylic acids is 1. The lowest BCUT2D eigenvalue weighted by molar-refractivity contribution is -0.136. The Bertz CT molecular complexity index is 811. The van der Waals surface area contributed by atoms with Crippen LogP contribution in [0, 0.1) is 0 Å². The first-order valence-electron chi connectivity index (χ1n) is 8.31. The van der Waals surface area contributed by atoms with E-state index in [0.717, 1.165) is 19.4 Å². The lowest BCUT2D eigenvalue weighted by Crippen LogP contribution is -2.39. The van der Waals surface area contributed by atoms with Gasteiger partial charge in [-0.05, 0) is 47.4 Å². The van der Waals surface area contributed by atoms with Gasteiger partial charge in [-0.25, -0.2) is 0 Å². The number of aryl methyl sites for hydroxylation is 1. The van der Waals surface area contributed by atoms with Crippen LogP contribution >= 0.6 is 11.3 Å². The van der Waals surface area contributed by atoms with E-state index in [2.05, 4.69) is 18.2 Å². The van der Waals surface area contributed by atoms with Crippen LogP contribution in [0.5, 0.6) is 0 Å². The van der Waals surface area contributed by atoms with E-state index in [1.807, 2.05) is 10.3 Å². The zero-order chi connectivity index (χ0) is 16.7. The van der Waals surface area contributed by atoms with Gasteiger partial charge in [0.25, 0.3) is 5.91 Å². The number of carbonyl (C=O) groups is 2. The van der Waals surface area contributed by atoms with Crippen molar-refractivity contribution in [2.75, 3.05) is 6.54 Å². The van der Waals surface area contributed by atoms with Crippen LogP contribution < -0.4 is 0 Å². The maximum atomic E-state index is 13.0. The Morgan fingerprint density at radius 1 is 1.25 bits per heavy atom. The summed E-state index contributed by atoms with van der Waals surface area (Å²) in [7, 11) is 0. The SMILES string of the molecule is O=C(O)Cc1sccc1C(=O)N1Cc2cccc3c2C(CCC3)C1. The van der Waals surface area contributed by atoms with Crippen molar-refractivity contribution in [3.63, 3.8) is 0 Å². The number of benzene rings is 1. The quantitative estimate of drug-likeness (QED) is 0.930. The minimum atomic E-state index is -0.896. The van der Waals surface area contributed by atoms with E-state index in [1.165, 1.54) is 34.4 Å². The number of amides is 1. The van der Waals surface area contributed by atoms with Gasteiger partial charge < -0.3 is 10.0 Å². The Labute approximate surface area is 144 Å². The summed E-state index contributed by atoms with van der Waals surface area (Å²) in [6, 6.07) is 8.19. The van der Waals surface area contributed by atoms with Gasteiger partial charge in [-0.2, -0.15) is 0 Å². The van der Waals surface area contributed by atoms with Crippen molar-refractivity contribution >= 4 is 23.2 Å². The van der Waals surface area contributed by atoms with Crippen molar-refractivity contribution < 1.29 is 14.7 Å². The Balaban J connectivity index is 1.63. The normalized spacial score (nSPS) is 19.0. The second-order valence-electron chi connectivity index (χ2n) is 6.59. The maximum Gasteiger partial charge on any atom is 0.308 e. The molecule has 0 bridgehead atoms. The molecule has 1 aromatic heterocycles.